The number of hydrogen-bond donors (Lipinski definition) is 1. The van der Waals surface area contributed by atoms with Gasteiger partial charge < -0.3 is 5.41 Å². The number of halogens is 1. The van der Waals surface area contributed by atoms with E-state index in [1.165, 1.54) is 11.1 Å². The third kappa shape index (κ3) is 4.80. The topological polar surface area (TPSA) is 23.9 Å². The second kappa shape index (κ2) is 6.70. The number of hydrogen-bond acceptors (Lipinski definition) is 1. The summed E-state index contributed by atoms with van der Waals surface area (Å²) in [5.74, 6) is 0. The van der Waals surface area contributed by atoms with Crippen molar-refractivity contribution in [1.29, 1.82) is 5.41 Å². The normalized spacial score (nSPS) is 12.4. The van der Waals surface area contributed by atoms with Gasteiger partial charge in [0.15, 0.2) is 0 Å². The molecule has 0 heterocycles. The molecular formula is C14H20ClN. The lowest BCUT2D eigenvalue weighted by Crippen LogP contribution is -2.00. The van der Waals surface area contributed by atoms with E-state index in [0.29, 0.717) is 0 Å². The van der Waals surface area contributed by atoms with Crippen LogP contribution in [0.4, 0.5) is 0 Å². The minimum absolute atomic E-state index is 0.184. The number of rotatable bonds is 6. The molecule has 0 saturated heterocycles. The van der Waals surface area contributed by atoms with Crippen molar-refractivity contribution in [3.05, 3.63) is 35.4 Å². The fourth-order valence-electron chi connectivity index (χ4n) is 1.71. The van der Waals surface area contributed by atoms with Crippen LogP contribution in [0.2, 0.25) is 0 Å². The van der Waals surface area contributed by atoms with Crippen LogP contribution in [-0.4, -0.2) is 11.1 Å². The summed E-state index contributed by atoms with van der Waals surface area (Å²) in [5, 5.41) is 7.82. The molecule has 0 amide bonds. The van der Waals surface area contributed by atoms with Gasteiger partial charge in [0, 0.05) is 11.1 Å². The van der Waals surface area contributed by atoms with Gasteiger partial charge in [-0.25, -0.2) is 0 Å². The number of aryl methyl sites for hydroxylation is 1. The van der Waals surface area contributed by atoms with Gasteiger partial charge in [0.25, 0.3) is 0 Å². The summed E-state index contributed by atoms with van der Waals surface area (Å²) in [7, 11) is 0. The molecule has 16 heavy (non-hydrogen) atoms. The summed E-state index contributed by atoms with van der Waals surface area (Å²) in [5.41, 5.74) is 3.44. The first-order valence-corrected chi connectivity index (χ1v) is 6.33. The first-order chi connectivity index (χ1) is 7.61. The third-order valence-corrected chi connectivity index (χ3v) is 2.80. The third-order valence-electron chi connectivity index (χ3n) is 2.65. The van der Waals surface area contributed by atoms with Crippen molar-refractivity contribution in [3.8, 4) is 0 Å². The predicted molar refractivity (Wildman–Crippen MR) is 71.8 cm³/mol. The van der Waals surface area contributed by atoms with E-state index in [1.54, 1.807) is 0 Å². The smallest absolute Gasteiger partial charge is 0.0348 e. The maximum absolute atomic E-state index is 7.63. The van der Waals surface area contributed by atoms with Crippen LogP contribution in [0.25, 0.3) is 0 Å². The van der Waals surface area contributed by atoms with Crippen LogP contribution < -0.4 is 0 Å². The minimum atomic E-state index is 0.184. The maximum atomic E-state index is 7.63. The molecule has 0 radical (unpaired) electrons. The summed E-state index contributed by atoms with van der Waals surface area (Å²) in [6, 6.07) is 8.54. The van der Waals surface area contributed by atoms with Gasteiger partial charge in [-0.3, -0.25) is 0 Å². The maximum Gasteiger partial charge on any atom is 0.0348 e. The van der Waals surface area contributed by atoms with Crippen LogP contribution in [0, 0.1) is 5.41 Å². The van der Waals surface area contributed by atoms with Crippen molar-refractivity contribution in [1.82, 2.24) is 0 Å². The molecule has 2 heteroatoms. The highest BCUT2D eigenvalue weighted by Gasteiger charge is 2.01. The number of benzene rings is 1. The zero-order valence-corrected chi connectivity index (χ0v) is 10.8. The Morgan fingerprint density at radius 1 is 1.38 bits per heavy atom. The SMILES string of the molecule is CCC(=N)CCc1cccc(CC(C)Cl)c1. The highest BCUT2D eigenvalue weighted by Crippen LogP contribution is 2.12. The van der Waals surface area contributed by atoms with E-state index >= 15 is 0 Å². The molecule has 1 rings (SSSR count). The fourth-order valence-corrected chi connectivity index (χ4v) is 1.89. The molecule has 0 aliphatic carbocycles. The van der Waals surface area contributed by atoms with Crippen molar-refractivity contribution in [2.45, 2.75) is 44.9 Å². The summed E-state index contributed by atoms with van der Waals surface area (Å²) >= 11 is 5.98. The van der Waals surface area contributed by atoms with E-state index in [2.05, 4.69) is 24.3 Å². The van der Waals surface area contributed by atoms with Crippen molar-refractivity contribution in [3.63, 3.8) is 0 Å². The van der Waals surface area contributed by atoms with Crippen molar-refractivity contribution < 1.29 is 0 Å². The summed E-state index contributed by atoms with van der Waals surface area (Å²) in [6.45, 7) is 4.05. The van der Waals surface area contributed by atoms with E-state index in [1.807, 2.05) is 13.8 Å². The Morgan fingerprint density at radius 2 is 2.06 bits per heavy atom. The van der Waals surface area contributed by atoms with Crippen LogP contribution in [-0.2, 0) is 12.8 Å². The van der Waals surface area contributed by atoms with Crippen LogP contribution >= 0.6 is 11.6 Å². The van der Waals surface area contributed by atoms with E-state index in [9.17, 15) is 0 Å². The van der Waals surface area contributed by atoms with E-state index in [4.69, 9.17) is 17.0 Å². The summed E-state index contributed by atoms with van der Waals surface area (Å²) < 4.78 is 0. The monoisotopic (exact) mass is 237 g/mol. The molecule has 1 aromatic rings. The molecule has 0 fully saturated rings. The quantitative estimate of drug-likeness (QED) is 0.566. The first kappa shape index (κ1) is 13.2. The molecule has 1 nitrogen and oxygen atoms in total. The average Bonchev–Trinajstić information content (AvgIpc) is 2.25. The van der Waals surface area contributed by atoms with Crippen LogP contribution in [0.5, 0.6) is 0 Å². The van der Waals surface area contributed by atoms with Gasteiger partial charge in [-0.1, -0.05) is 31.2 Å². The molecule has 0 aliphatic heterocycles. The second-order valence-electron chi connectivity index (χ2n) is 4.26. The molecule has 1 atom stereocenters. The van der Waals surface area contributed by atoms with Gasteiger partial charge in [-0.05, 0) is 43.7 Å². The Bertz CT molecular complexity index is 344. The highest BCUT2D eigenvalue weighted by atomic mass is 35.5. The highest BCUT2D eigenvalue weighted by molar-refractivity contribution is 6.20. The van der Waals surface area contributed by atoms with Gasteiger partial charge in [0.05, 0.1) is 0 Å². The molecule has 0 saturated carbocycles. The van der Waals surface area contributed by atoms with Crippen LogP contribution in [0.1, 0.15) is 37.8 Å². The standard InChI is InChI=1S/C14H20ClN/c1-3-14(16)8-7-12-5-4-6-13(10-12)9-11(2)15/h4-6,10-11,16H,3,7-9H2,1-2H3. The first-order valence-electron chi connectivity index (χ1n) is 5.90. The summed E-state index contributed by atoms with van der Waals surface area (Å²) in [4.78, 5) is 0. The number of nitrogens with one attached hydrogen (secondary N) is 1. The van der Waals surface area contributed by atoms with Gasteiger partial charge in [0.1, 0.15) is 0 Å². The zero-order chi connectivity index (χ0) is 12.0. The zero-order valence-electron chi connectivity index (χ0n) is 10.1. The van der Waals surface area contributed by atoms with Gasteiger partial charge in [-0.15, -0.1) is 11.6 Å². The Morgan fingerprint density at radius 3 is 2.69 bits per heavy atom. The predicted octanol–water partition coefficient (Wildman–Crippen LogP) is 4.22. The Labute approximate surface area is 103 Å². The number of alkyl halides is 1. The lowest BCUT2D eigenvalue weighted by molar-refractivity contribution is 0.921. The molecule has 0 spiro atoms. The summed E-state index contributed by atoms with van der Waals surface area (Å²) in [6.07, 6.45) is 3.62. The van der Waals surface area contributed by atoms with Crippen LogP contribution in [0.3, 0.4) is 0 Å². The molecule has 0 aliphatic rings. The molecule has 0 bridgehead atoms. The van der Waals surface area contributed by atoms with Crippen molar-refractivity contribution >= 4 is 17.3 Å². The molecular weight excluding hydrogens is 218 g/mol. The van der Waals surface area contributed by atoms with Gasteiger partial charge >= 0.3 is 0 Å². The van der Waals surface area contributed by atoms with E-state index in [-0.39, 0.29) is 5.38 Å². The fraction of sp³-hybridized carbons (Fsp3) is 0.500. The lowest BCUT2D eigenvalue weighted by Gasteiger charge is -2.06. The molecule has 1 aromatic carbocycles. The molecule has 0 aromatic heterocycles. The van der Waals surface area contributed by atoms with Gasteiger partial charge in [0.2, 0.25) is 0 Å². The lowest BCUT2D eigenvalue weighted by atomic mass is 10.0. The van der Waals surface area contributed by atoms with Crippen molar-refractivity contribution in [2.75, 3.05) is 0 Å². The van der Waals surface area contributed by atoms with Crippen LogP contribution in [0.15, 0.2) is 24.3 Å². The van der Waals surface area contributed by atoms with Gasteiger partial charge in [-0.2, -0.15) is 0 Å². The Kier molecular flexibility index (Phi) is 5.54. The van der Waals surface area contributed by atoms with Crippen molar-refractivity contribution in [2.24, 2.45) is 0 Å². The van der Waals surface area contributed by atoms with E-state index < -0.39 is 0 Å². The second-order valence-corrected chi connectivity index (χ2v) is 5.01. The van der Waals surface area contributed by atoms with E-state index in [0.717, 1.165) is 31.4 Å². The largest absolute Gasteiger partial charge is 0.310 e. The average molecular weight is 238 g/mol. The molecule has 1 unspecified atom stereocenters. The Hall–Kier alpha value is -0.820. The Balaban J connectivity index is 2.56. The minimum Gasteiger partial charge on any atom is -0.310 e. The molecule has 88 valence electrons. The molecule has 1 N–H and O–H groups in total.